The highest BCUT2D eigenvalue weighted by molar-refractivity contribution is 5.99. The highest BCUT2D eigenvalue weighted by atomic mass is 35.5. The number of anilines is 2. The van der Waals surface area contributed by atoms with Gasteiger partial charge in [0.05, 0.1) is 0 Å². The van der Waals surface area contributed by atoms with Crippen molar-refractivity contribution in [2.45, 2.75) is 31.2 Å². The number of nitrogens with one attached hydrogen (secondary N) is 3. The van der Waals surface area contributed by atoms with Crippen molar-refractivity contribution in [2.24, 2.45) is 0 Å². The predicted octanol–water partition coefficient (Wildman–Crippen LogP) is 1.91. The van der Waals surface area contributed by atoms with Gasteiger partial charge < -0.3 is 16.0 Å². The number of piperidine rings is 1. The fraction of sp³-hybridized carbons (Fsp3) is 0.389. The lowest BCUT2D eigenvalue weighted by Gasteiger charge is -2.36. The van der Waals surface area contributed by atoms with E-state index in [1.165, 1.54) is 0 Å². The standard InChI is InChI=1S/C18H21N5O2.ClH/c24-16-5-3-13-2-4-14(12-15(13)22-16)21-17(25)18(6-9-19-10-7-18)23-11-1-8-20-23;/h1-2,4,8,11-12,19H,3,5-7,9-10H2,(H,21,25)(H,22,24);1H. The maximum atomic E-state index is 13.1. The van der Waals surface area contributed by atoms with E-state index in [9.17, 15) is 9.59 Å². The fourth-order valence-electron chi connectivity index (χ4n) is 3.62. The largest absolute Gasteiger partial charge is 0.326 e. The van der Waals surface area contributed by atoms with Gasteiger partial charge in [-0.1, -0.05) is 6.07 Å². The first-order valence-corrected chi connectivity index (χ1v) is 8.62. The van der Waals surface area contributed by atoms with Crippen LogP contribution in [0.25, 0.3) is 0 Å². The number of aromatic nitrogens is 2. The molecule has 3 N–H and O–H groups in total. The molecule has 0 atom stereocenters. The number of nitrogens with zero attached hydrogens (tertiary/aromatic N) is 2. The van der Waals surface area contributed by atoms with E-state index in [0.717, 1.165) is 30.8 Å². The van der Waals surface area contributed by atoms with Crippen LogP contribution in [0.3, 0.4) is 0 Å². The van der Waals surface area contributed by atoms with Gasteiger partial charge in [0.1, 0.15) is 5.54 Å². The van der Waals surface area contributed by atoms with E-state index in [0.29, 0.717) is 24.9 Å². The minimum atomic E-state index is -0.687. The lowest BCUT2D eigenvalue weighted by Crippen LogP contribution is -2.52. The molecule has 1 aromatic carbocycles. The van der Waals surface area contributed by atoms with Crippen LogP contribution in [-0.2, 0) is 21.5 Å². The summed E-state index contributed by atoms with van der Waals surface area (Å²) in [5.41, 5.74) is 1.89. The summed E-state index contributed by atoms with van der Waals surface area (Å²) in [6.45, 7) is 1.54. The van der Waals surface area contributed by atoms with Crippen LogP contribution in [0.4, 0.5) is 11.4 Å². The van der Waals surface area contributed by atoms with Gasteiger partial charge in [0.25, 0.3) is 5.91 Å². The van der Waals surface area contributed by atoms with Crippen LogP contribution < -0.4 is 16.0 Å². The van der Waals surface area contributed by atoms with Crippen molar-refractivity contribution in [3.05, 3.63) is 42.2 Å². The molecule has 2 aromatic rings. The van der Waals surface area contributed by atoms with Crippen molar-refractivity contribution in [3.63, 3.8) is 0 Å². The van der Waals surface area contributed by atoms with Crippen LogP contribution >= 0.6 is 12.4 Å². The van der Waals surface area contributed by atoms with Crippen molar-refractivity contribution in [1.29, 1.82) is 0 Å². The maximum absolute atomic E-state index is 13.1. The number of hydrogen-bond donors (Lipinski definition) is 3. The highest BCUT2D eigenvalue weighted by Crippen LogP contribution is 2.30. The van der Waals surface area contributed by atoms with Gasteiger partial charge in [0.2, 0.25) is 5.91 Å². The van der Waals surface area contributed by atoms with Crippen molar-refractivity contribution < 1.29 is 9.59 Å². The van der Waals surface area contributed by atoms with E-state index in [1.54, 1.807) is 10.9 Å². The number of rotatable bonds is 3. The number of carbonyl (C=O) groups is 2. The Morgan fingerprint density at radius 3 is 2.77 bits per heavy atom. The van der Waals surface area contributed by atoms with E-state index in [1.807, 2.05) is 30.5 Å². The van der Waals surface area contributed by atoms with Crippen LogP contribution in [0.5, 0.6) is 0 Å². The Hall–Kier alpha value is -2.38. The SMILES string of the molecule is Cl.O=C1CCc2ccc(NC(=O)C3(n4cccn4)CCNCC3)cc2N1. The Morgan fingerprint density at radius 1 is 1.23 bits per heavy atom. The Kier molecular flexibility index (Phi) is 5.29. The second-order valence-corrected chi connectivity index (χ2v) is 6.61. The minimum Gasteiger partial charge on any atom is -0.326 e. The lowest BCUT2D eigenvalue weighted by atomic mass is 9.87. The topological polar surface area (TPSA) is 88.0 Å². The molecule has 0 aliphatic carbocycles. The van der Waals surface area contributed by atoms with Crippen molar-refractivity contribution in [3.8, 4) is 0 Å². The molecule has 1 fully saturated rings. The van der Waals surface area contributed by atoms with Gasteiger partial charge in [-0.05, 0) is 56.1 Å². The zero-order valence-corrected chi connectivity index (χ0v) is 15.1. The molecule has 0 unspecified atom stereocenters. The van der Waals surface area contributed by atoms with Crippen LogP contribution in [0.15, 0.2) is 36.7 Å². The number of halogens is 1. The molecule has 0 bridgehead atoms. The average molecular weight is 376 g/mol. The Labute approximate surface area is 157 Å². The van der Waals surface area contributed by atoms with Gasteiger partial charge in [-0.2, -0.15) is 5.10 Å². The van der Waals surface area contributed by atoms with Gasteiger partial charge in [-0.3, -0.25) is 14.3 Å². The molecule has 26 heavy (non-hydrogen) atoms. The van der Waals surface area contributed by atoms with Crippen LogP contribution in [-0.4, -0.2) is 34.7 Å². The summed E-state index contributed by atoms with van der Waals surface area (Å²) < 4.78 is 1.77. The number of fused-ring (bicyclic) bond motifs is 1. The van der Waals surface area contributed by atoms with E-state index in [2.05, 4.69) is 21.0 Å². The van der Waals surface area contributed by atoms with Crippen LogP contribution in [0, 0.1) is 0 Å². The lowest BCUT2D eigenvalue weighted by molar-refractivity contribution is -0.126. The fourth-order valence-corrected chi connectivity index (χ4v) is 3.62. The first-order valence-electron chi connectivity index (χ1n) is 8.62. The second-order valence-electron chi connectivity index (χ2n) is 6.61. The summed E-state index contributed by atoms with van der Waals surface area (Å²) in [5.74, 6) is -0.0536. The quantitative estimate of drug-likeness (QED) is 0.764. The Morgan fingerprint density at radius 2 is 2.04 bits per heavy atom. The molecule has 1 aromatic heterocycles. The summed E-state index contributed by atoms with van der Waals surface area (Å²) in [4.78, 5) is 24.7. The van der Waals surface area contributed by atoms with E-state index < -0.39 is 5.54 Å². The molecular weight excluding hydrogens is 354 g/mol. The van der Waals surface area contributed by atoms with E-state index >= 15 is 0 Å². The summed E-state index contributed by atoms with van der Waals surface area (Å²) in [6.07, 6.45) is 6.15. The highest BCUT2D eigenvalue weighted by Gasteiger charge is 2.42. The zero-order chi connectivity index (χ0) is 17.3. The predicted molar refractivity (Wildman–Crippen MR) is 102 cm³/mol. The molecule has 4 rings (SSSR count). The molecule has 2 amide bonds. The number of amides is 2. The molecule has 0 saturated carbocycles. The van der Waals surface area contributed by atoms with Gasteiger partial charge in [-0.25, -0.2) is 0 Å². The maximum Gasteiger partial charge on any atom is 0.252 e. The van der Waals surface area contributed by atoms with E-state index in [-0.39, 0.29) is 24.2 Å². The normalized spacial score (nSPS) is 18.2. The monoisotopic (exact) mass is 375 g/mol. The van der Waals surface area contributed by atoms with Crippen molar-refractivity contribution in [1.82, 2.24) is 15.1 Å². The summed E-state index contributed by atoms with van der Waals surface area (Å²) in [7, 11) is 0. The third kappa shape index (κ3) is 3.32. The van der Waals surface area contributed by atoms with Crippen molar-refractivity contribution in [2.75, 3.05) is 23.7 Å². The zero-order valence-electron chi connectivity index (χ0n) is 14.3. The molecule has 2 aliphatic rings. The van der Waals surface area contributed by atoms with Crippen LogP contribution in [0.2, 0.25) is 0 Å². The van der Waals surface area contributed by atoms with Gasteiger partial charge >= 0.3 is 0 Å². The first-order chi connectivity index (χ1) is 12.2. The number of benzene rings is 1. The third-order valence-corrected chi connectivity index (χ3v) is 5.06. The van der Waals surface area contributed by atoms with Gasteiger partial charge in [0.15, 0.2) is 0 Å². The molecule has 1 saturated heterocycles. The number of carbonyl (C=O) groups excluding carboxylic acids is 2. The molecule has 0 radical (unpaired) electrons. The molecule has 2 aliphatic heterocycles. The first kappa shape index (κ1) is 18.4. The smallest absolute Gasteiger partial charge is 0.252 e. The summed E-state index contributed by atoms with van der Waals surface area (Å²) >= 11 is 0. The average Bonchev–Trinajstić information content (AvgIpc) is 3.17. The molecule has 138 valence electrons. The number of hydrogen-bond acceptors (Lipinski definition) is 4. The Bertz CT molecular complexity index is 800. The molecule has 0 spiro atoms. The minimum absolute atomic E-state index is 0. The molecular formula is C18H22ClN5O2. The van der Waals surface area contributed by atoms with E-state index in [4.69, 9.17) is 0 Å². The van der Waals surface area contributed by atoms with Gasteiger partial charge in [0, 0.05) is 30.2 Å². The Balaban J connectivity index is 0.00000196. The second kappa shape index (κ2) is 7.47. The third-order valence-electron chi connectivity index (χ3n) is 5.06. The molecule has 3 heterocycles. The summed E-state index contributed by atoms with van der Waals surface area (Å²) in [5, 5.41) is 13.5. The van der Waals surface area contributed by atoms with Crippen LogP contribution in [0.1, 0.15) is 24.8 Å². The van der Waals surface area contributed by atoms with Gasteiger partial charge in [-0.15, -0.1) is 12.4 Å². The number of aryl methyl sites for hydroxylation is 1. The van der Waals surface area contributed by atoms with Crippen molar-refractivity contribution >= 4 is 35.6 Å². The molecule has 8 heteroatoms. The summed E-state index contributed by atoms with van der Waals surface area (Å²) in [6, 6.07) is 7.53. The molecule has 7 nitrogen and oxygen atoms in total.